The maximum Gasteiger partial charge on any atom is 0.185 e. The minimum Gasteiger partial charge on any atom is -0.351 e. The molecule has 0 aromatic carbocycles. The van der Waals surface area contributed by atoms with Crippen molar-refractivity contribution in [3.05, 3.63) is 11.1 Å². The first-order valence-corrected chi connectivity index (χ1v) is 5.73. The van der Waals surface area contributed by atoms with E-state index in [0.29, 0.717) is 5.92 Å². The van der Waals surface area contributed by atoms with Crippen molar-refractivity contribution < 1.29 is 0 Å². The highest BCUT2D eigenvalue weighted by Crippen LogP contribution is 2.25. The van der Waals surface area contributed by atoms with Gasteiger partial charge in [0.1, 0.15) is 0 Å². The predicted molar refractivity (Wildman–Crippen MR) is 59.8 cm³/mol. The van der Waals surface area contributed by atoms with Crippen LogP contribution >= 0.6 is 11.3 Å². The van der Waals surface area contributed by atoms with Gasteiger partial charge >= 0.3 is 0 Å². The lowest BCUT2D eigenvalue weighted by atomic mass is 10.1. The molecule has 0 amide bonds. The Bertz CT molecular complexity index is 233. The lowest BCUT2D eigenvalue weighted by molar-refractivity contribution is 0.712. The minimum absolute atomic E-state index is 0.593. The zero-order valence-corrected chi connectivity index (χ0v) is 9.69. The SMILES string of the molecule is CCC(C)c1csc(N(C)CC)n1. The van der Waals surface area contributed by atoms with Gasteiger partial charge in [-0.15, -0.1) is 11.3 Å². The lowest BCUT2D eigenvalue weighted by Crippen LogP contribution is -2.15. The number of hydrogen-bond acceptors (Lipinski definition) is 3. The van der Waals surface area contributed by atoms with Crippen LogP contribution in [0.3, 0.4) is 0 Å². The van der Waals surface area contributed by atoms with Gasteiger partial charge in [0, 0.05) is 19.0 Å². The number of anilines is 1. The average molecular weight is 198 g/mol. The van der Waals surface area contributed by atoms with E-state index in [1.165, 1.54) is 12.1 Å². The smallest absolute Gasteiger partial charge is 0.185 e. The summed E-state index contributed by atoms with van der Waals surface area (Å²) in [6.07, 6.45) is 1.17. The van der Waals surface area contributed by atoms with Crippen LogP contribution in [-0.2, 0) is 0 Å². The first kappa shape index (κ1) is 10.5. The molecule has 13 heavy (non-hydrogen) atoms. The topological polar surface area (TPSA) is 16.1 Å². The van der Waals surface area contributed by atoms with Crippen molar-refractivity contribution in [3.8, 4) is 0 Å². The highest BCUT2D eigenvalue weighted by molar-refractivity contribution is 7.13. The Morgan fingerprint density at radius 2 is 2.23 bits per heavy atom. The van der Waals surface area contributed by atoms with Crippen LogP contribution in [-0.4, -0.2) is 18.6 Å². The summed E-state index contributed by atoms with van der Waals surface area (Å²) in [5.74, 6) is 0.593. The van der Waals surface area contributed by atoms with E-state index in [4.69, 9.17) is 0 Å². The third-order valence-corrected chi connectivity index (χ3v) is 3.40. The van der Waals surface area contributed by atoms with Crippen LogP contribution in [0.4, 0.5) is 5.13 Å². The molecular formula is C10H18N2S. The Balaban J connectivity index is 2.74. The molecule has 1 unspecified atom stereocenters. The van der Waals surface area contributed by atoms with E-state index in [9.17, 15) is 0 Å². The molecule has 0 aliphatic heterocycles. The third kappa shape index (κ3) is 2.44. The summed E-state index contributed by atoms with van der Waals surface area (Å²) >= 11 is 1.74. The van der Waals surface area contributed by atoms with Gasteiger partial charge in [-0.25, -0.2) is 4.98 Å². The second-order valence-electron chi connectivity index (χ2n) is 3.38. The lowest BCUT2D eigenvalue weighted by Gasteiger charge is -2.11. The first-order chi connectivity index (χ1) is 6.19. The molecule has 0 saturated heterocycles. The average Bonchev–Trinajstić information content (AvgIpc) is 2.64. The van der Waals surface area contributed by atoms with Gasteiger partial charge < -0.3 is 4.90 Å². The second-order valence-corrected chi connectivity index (χ2v) is 4.21. The maximum atomic E-state index is 4.60. The number of rotatable bonds is 4. The number of hydrogen-bond donors (Lipinski definition) is 0. The zero-order chi connectivity index (χ0) is 9.84. The van der Waals surface area contributed by atoms with Gasteiger partial charge in [0.25, 0.3) is 0 Å². The standard InChI is InChI=1S/C10H18N2S/c1-5-8(3)9-7-13-10(11-9)12(4)6-2/h7-8H,5-6H2,1-4H3. The number of nitrogens with zero attached hydrogens (tertiary/aromatic N) is 2. The van der Waals surface area contributed by atoms with Crippen molar-refractivity contribution >= 4 is 16.5 Å². The molecule has 0 aliphatic carbocycles. The van der Waals surface area contributed by atoms with Crippen LogP contribution in [0, 0.1) is 0 Å². The molecule has 0 spiro atoms. The largest absolute Gasteiger partial charge is 0.351 e. The quantitative estimate of drug-likeness (QED) is 0.739. The Kier molecular flexibility index (Phi) is 3.72. The van der Waals surface area contributed by atoms with E-state index in [-0.39, 0.29) is 0 Å². The number of thiazole rings is 1. The van der Waals surface area contributed by atoms with Gasteiger partial charge in [-0.05, 0) is 19.3 Å². The van der Waals surface area contributed by atoms with Crippen molar-refractivity contribution in [1.82, 2.24) is 4.98 Å². The predicted octanol–water partition coefficient (Wildman–Crippen LogP) is 3.11. The normalized spacial score (nSPS) is 12.9. The molecule has 2 nitrogen and oxygen atoms in total. The van der Waals surface area contributed by atoms with Crippen molar-refractivity contribution in [1.29, 1.82) is 0 Å². The van der Waals surface area contributed by atoms with Crippen molar-refractivity contribution in [2.24, 2.45) is 0 Å². The minimum atomic E-state index is 0.593. The molecule has 0 fully saturated rings. The van der Waals surface area contributed by atoms with Crippen LogP contribution in [0.2, 0.25) is 0 Å². The molecule has 1 aromatic rings. The summed E-state index contributed by atoms with van der Waals surface area (Å²) in [5.41, 5.74) is 1.24. The molecule has 0 N–H and O–H groups in total. The molecule has 0 bridgehead atoms. The Morgan fingerprint density at radius 1 is 1.54 bits per heavy atom. The summed E-state index contributed by atoms with van der Waals surface area (Å²) in [6.45, 7) is 7.59. The highest BCUT2D eigenvalue weighted by atomic mass is 32.1. The van der Waals surface area contributed by atoms with E-state index in [2.05, 4.69) is 43.1 Å². The molecule has 1 atom stereocenters. The molecule has 74 valence electrons. The van der Waals surface area contributed by atoms with Gasteiger partial charge in [-0.1, -0.05) is 13.8 Å². The van der Waals surface area contributed by atoms with Gasteiger partial charge in [-0.3, -0.25) is 0 Å². The molecule has 0 radical (unpaired) electrons. The van der Waals surface area contributed by atoms with Crippen LogP contribution in [0.15, 0.2) is 5.38 Å². The summed E-state index contributed by atoms with van der Waals surface area (Å²) in [7, 11) is 2.08. The molecule has 1 heterocycles. The maximum absolute atomic E-state index is 4.60. The number of aromatic nitrogens is 1. The van der Waals surface area contributed by atoms with Gasteiger partial charge in [0.05, 0.1) is 5.69 Å². The summed E-state index contributed by atoms with van der Waals surface area (Å²) in [5, 5.41) is 3.31. The van der Waals surface area contributed by atoms with Gasteiger partial charge in [-0.2, -0.15) is 0 Å². The van der Waals surface area contributed by atoms with Crippen LogP contribution in [0.1, 0.15) is 38.8 Å². The fraction of sp³-hybridized carbons (Fsp3) is 0.700. The van der Waals surface area contributed by atoms with Crippen molar-refractivity contribution in [2.75, 3.05) is 18.5 Å². The Morgan fingerprint density at radius 3 is 2.77 bits per heavy atom. The van der Waals surface area contributed by atoms with Crippen molar-refractivity contribution in [3.63, 3.8) is 0 Å². The fourth-order valence-electron chi connectivity index (χ4n) is 1.02. The van der Waals surface area contributed by atoms with Gasteiger partial charge in [0.2, 0.25) is 0 Å². The van der Waals surface area contributed by atoms with E-state index >= 15 is 0 Å². The Hall–Kier alpha value is -0.570. The van der Waals surface area contributed by atoms with E-state index in [0.717, 1.165) is 11.7 Å². The van der Waals surface area contributed by atoms with Crippen LogP contribution in [0.25, 0.3) is 0 Å². The molecule has 1 rings (SSSR count). The first-order valence-electron chi connectivity index (χ1n) is 4.85. The van der Waals surface area contributed by atoms with Crippen LogP contribution in [0.5, 0.6) is 0 Å². The molecule has 1 aromatic heterocycles. The van der Waals surface area contributed by atoms with Gasteiger partial charge in [0.15, 0.2) is 5.13 Å². The highest BCUT2D eigenvalue weighted by Gasteiger charge is 2.09. The molecule has 0 aliphatic rings. The summed E-state index contributed by atoms with van der Waals surface area (Å²) in [6, 6.07) is 0. The third-order valence-electron chi connectivity index (χ3n) is 2.43. The molecule has 0 saturated carbocycles. The second kappa shape index (κ2) is 4.61. The van der Waals surface area contributed by atoms with Crippen molar-refractivity contribution in [2.45, 2.75) is 33.1 Å². The van der Waals surface area contributed by atoms with E-state index in [1.807, 2.05) is 0 Å². The van der Waals surface area contributed by atoms with Crippen LogP contribution < -0.4 is 4.90 Å². The monoisotopic (exact) mass is 198 g/mol. The van der Waals surface area contributed by atoms with E-state index < -0.39 is 0 Å². The van der Waals surface area contributed by atoms with E-state index in [1.54, 1.807) is 11.3 Å². The summed E-state index contributed by atoms with van der Waals surface area (Å²) in [4.78, 5) is 6.77. The fourth-order valence-corrected chi connectivity index (χ4v) is 2.00. The zero-order valence-electron chi connectivity index (χ0n) is 8.87. The Labute approximate surface area is 84.6 Å². The molecular weight excluding hydrogens is 180 g/mol. The summed E-state index contributed by atoms with van der Waals surface area (Å²) < 4.78 is 0. The molecule has 3 heteroatoms.